The standard InChI is InChI=1S/C17H22N2O3S/c1-2-9-22-14-5-3-13(4-6-14)19-16(20)12-15(17(19)21)18-7-10-23-11-8-18/h3-6,15H,2,7-12H2,1H3. The molecular formula is C17H22N2O3S. The van der Waals surface area contributed by atoms with E-state index in [9.17, 15) is 9.59 Å². The minimum Gasteiger partial charge on any atom is -0.494 e. The Morgan fingerprint density at radius 2 is 1.87 bits per heavy atom. The van der Waals surface area contributed by atoms with Gasteiger partial charge in [0.15, 0.2) is 0 Å². The molecule has 0 bridgehead atoms. The van der Waals surface area contributed by atoms with Crippen LogP contribution in [0.5, 0.6) is 5.75 Å². The van der Waals surface area contributed by atoms with Crippen LogP contribution in [0.15, 0.2) is 24.3 Å². The van der Waals surface area contributed by atoms with Crippen LogP contribution in [-0.2, 0) is 9.59 Å². The third kappa shape index (κ3) is 3.53. The Bertz CT molecular complexity index is 570. The molecule has 1 unspecified atom stereocenters. The SMILES string of the molecule is CCCOc1ccc(N2C(=O)CC(N3CCSCC3)C2=O)cc1. The number of hydrogen-bond donors (Lipinski definition) is 0. The maximum atomic E-state index is 12.7. The van der Waals surface area contributed by atoms with Crippen molar-refractivity contribution in [1.82, 2.24) is 4.90 Å². The van der Waals surface area contributed by atoms with Crippen LogP contribution < -0.4 is 9.64 Å². The van der Waals surface area contributed by atoms with Crippen molar-refractivity contribution < 1.29 is 14.3 Å². The van der Waals surface area contributed by atoms with Crippen molar-refractivity contribution in [3.05, 3.63) is 24.3 Å². The summed E-state index contributed by atoms with van der Waals surface area (Å²) in [6.45, 7) is 4.48. The Kier molecular flexibility index (Phi) is 5.23. The van der Waals surface area contributed by atoms with Gasteiger partial charge < -0.3 is 4.74 Å². The highest BCUT2D eigenvalue weighted by molar-refractivity contribution is 7.99. The lowest BCUT2D eigenvalue weighted by Gasteiger charge is -2.30. The van der Waals surface area contributed by atoms with E-state index >= 15 is 0 Å². The van der Waals surface area contributed by atoms with Gasteiger partial charge in [0.05, 0.1) is 24.8 Å². The number of thioether (sulfide) groups is 1. The molecule has 0 spiro atoms. The third-order valence-electron chi connectivity index (χ3n) is 4.18. The first kappa shape index (κ1) is 16.3. The maximum Gasteiger partial charge on any atom is 0.251 e. The first-order valence-electron chi connectivity index (χ1n) is 8.12. The summed E-state index contributed by atoms with van der Waals surface area (Å²) in [7, 11) is 0. The lowest BCUT2D eigenvalue weighted by Crippen LogP contribution is -2.45. The van der Waals surface area contributed by atoms with Crippen LogP contribution in [0.3, 0.4) is 0 Å². The van der Waals surface area contributed by atoms with Crippen LogP contribution >= 0.6 is 11.8 Å². The second kappa shape index (κ2) is 7.36. The number of amides is 2. The van der Waals surface area contributed by atoms with Crippen molar-refractivity contribution in [3.63, 3.8) is 0 Å². The highest BCUT2D eigenvalue weighted by Crippen LogP contribution is 2.28. The number of carbonyl (C=O) groups excluding carboxylic acids is 2. The molecule has 3 rings (SSSR count). The summed E-state index contributed by atoms with van der Waals surface area (Å²) >= 11 is 1.90. The summed E-state index contributed by atoms with van der Waals surface area (Å²) in [5.41, 5.74) is 0.637. The van der Waals surface area contributed by atoms with E-state index in [-0.39, 0.29) is 24.3 Å². The Labute approximate surface area is 141 Å². The average Bonchev–Trinajstić information content (AvgIpc) is 2.89. The molecule has 1 atom stereocenters. The lowest BCUT2D eigenvalue weighted by molar-refractivity contribution is -0.122. The second-order valence-corrected chi connectivity index (χ2v) is 7.00. The summed E-state index contributed by atoms with van der Waals surface area (Å²) in [6.07, 6.45) is 1.23. The quantitative estimate of drug-likeness (QED) is 0.772. The number of rotatable bonds is 5. The van der Waals surface area contributed by atoms with E-state index in [0.717, 1.165) is 36.8 Å². The zero-order valence-electron chi connectivity index (χ0n) is 13.4. The summed E-state index contributed by atoms with van der Waals surface area (Å²) in [4.78, 5) is 28.5. The van der Waals surface area contributed by atoms with Gasteiger partial charge in [-0.15, -0.1) is 0 Å². The van der Waals surface area contributed by atoms with Gasteiger partial charge in [-0.1, -0.05) is 6.92 Å². The average molecular weight is 334 g/mol. The van der Waals surface area contributed by atoms with Crippen LogP contribution in [0.1, 0.15) is 19.8 Å². The number of hydrogen-bond acceptors (Lipinski definition) is 5. The molecule has 1 aromatic rings. The van der Waals surface area contributed by atoms with Gasteiger partial charge in [-0.2, -0.15) is 11.8 Å². The molecule has 2 aliphatic rings. The van der Waals surface area contributed by atoms with Gasteiger partial charge in [-0.25, -0.2) is 4.90 Å². The molecule has 0 aliphatic carbocycles. The van der Waals surface area contributed by atoms with Gasteiger partial charge in [-0.05, 0) is 30.7 Å². The molecule has 5 nitrogen and oxygen atoms in total. The molecule has 23 heavy (non-hydrogen) atoms. The van der Waals surface area contributed by atoms with Gasteiger partial charge >= 0.3 is 0 Å². The highest BCUT2D eigenvalue weighted by atomic mass is 32.2. The Morgan fingerprint density at radius 1 is 1.17 bits per heavy atom. The summed E-state index contributed by atoms with van der Waals surface area (Å²) < 4.78 is 5.54. The van der Waals surface area contributed by atoms with Crippen molar-refractivity contribution in [2.24, 2.45) is 0 Å². The lowest BCUT2D eigenvalue weighted by atomic mass is 10.2. The number of benzene rings is 1. The topological polar surface area (TPSA) is 49.9 Å². The molecule has 2 heterocycles. The molecule has 2 fully saturated rings. The van der Waals surface area contributed by atoms with E-state index in [1.165, 1.54) is 4.90 Å². The molecule has 2 aliphatic heterocycles. The molecule has 0 radical (unpaired) electrons. The normalized spacial score (nSPS) is 22.7. The molecule has 1 aromatic carbocycles. The predicted octanol–water partition coefficient (Wildman–Crippen LogP) is 2.16. The molecule has 0 N–H and O–H groups in total. The minimum absolute atomic E-state index is 0.0934. The first-order chi connectivity index (χ1) is 11.2. The first-order valence-corrected chi connectivity index (χ1v) is 9.27. The van der Waals surface area contributed by atoms with Crippen LogP contribution in [0.4, 0.5) is 5.69 Å². The monoisotopic (exact) mass is 334 g/mol. The zero-order valence-corrected chi connectivity index (χ0v) is 14.2. The fraction of sp³-hybridized carbons (Fsp3) is 0.529. The smallest absolute Gasteiger partial charge is 0.251 e. The van der Waals surface area contributed by atoms with E-state index in [1.807, 2.05) is 23.9 Å². The molecule has 124 valence electrons. The van der Waals surface area contributed by atoms with Crippen molar-refractivity contribution >= 4 is 29.3 Å². The van der Waals surface area contributed by atoms with Crippen LogP contribution in [0, 0.1) is 0 Å². The molecule has 2 amide bonds. The van der Waals surface area contributed by atoms with E-state index in [4.69, 9.17) is 4.74 Å². The number of ether oxygens (including phenoxy) is 1. The van der Waals surface area contributed by atoms with Crippen molar-refractivity contribution in [1.29, 1.82) is 0 Å². The van der Waals surface area contributed by atoms with Gasteiger partial charge in [0.25, 0.3) is 5.91 Å². The van der Waals surface area contributed by atoms with Gasteiger partial charge in [0.2, 0.25) is 5.91 Å². The van der Waals surface area contributed by atoms with Crippen molar-refractivity contribution in [2.75, 3.05) is 36.1 Å². The van der Waals surface area contributed by atoms with E-state index in [1.54, 1.807) is 12.1 Å². The van der Waals surface area contributed by atoms with Crippen molar-refractivity contribution in [3.8, 4) is 5.75 Å². The van der Waals surface area contributed by atoms with E-state index in [0.29, 0.717) is 12.3 Å². The zero-order chi connectivity index (χ0) is 16.2. The highest BCUT2D eigenvalue weighted by Gasteiger charge is 2.42. The van der Waals surface area contributed by atoms with Crippen LogP contribution in [-0.4, -0.2) is 54.0 Å². The van der Waals surface area contributed by atoms with Crippen molar-refractivity contribution in [2.45, 2.75) is 25.8 Å². The van der Waals surface area contributed by atoms with Gasteiger partial charge in [0.1, 0.15) is 5.75 Å². The number of carbonyl (C=O) groups is 2. The van der Waals surface area contributed by atoms with Gasteiger partial charge in [0, 0.05) is 24.6 Å². The molecule has 2 saturated heterocycles. The van der Waals surface area contributed by atoms with Crippen LogP contribution in [0.25, 0.3) is 0 Å². The summed E-state index contributed by atoms with van der Waals surface area (Å²) in [6, 6.07) is 6.91. The third-order valence-corrected chi connectivity index (χ3v) is 5.12. The molecule has 0 aromatic heterocycles. The maximum absolute atomic E-state index is 12.7. The summed E-state index contributed by atoms with van der Waals surface area (Å²) in [5, 5.41) is 0. The molecule has 6 heteroatoms. The summed E-state index contributed by atoms with van der Waals surface area (Å²) in [5.74, 6) is 2.62. The Morgan fingerprint density at radius 3 is 2.52 bits per heavy atom. The fourth-order valence-electron chi connectivity index (χ4n) is 2.97. The van der Waals surface area contributed by atoms with E-state index < -0.39 is 0 Å². The Balaban J connectivity index is 1.71. The second-order valence-electron chi connectivity index (χ2n) is 5.78. The largest absolute Gasteiger partial charge is 0.494 e. The number of imide groups is 1. The molecular weight excluding hydrogens is 312 g/mol. The predicted molar refractivity (Wildman–Crippen MR) is 92.0 cm³/mol. The van der Waals surface area contributed by atoms with Gasteiger partial charge in [-0.3, -0.25) is 14.5 Å². The van der Waals surface area contributed by atoms with Crippen LogP contribution in [0.2, 0.25) is 0 Å². The number of nitrogens with zero attached hydrogens (tertiary/aromatic N) is 2. The Hall–Kier alpha value is -1.53. The minimum atomic E-state index is -0.292. The molecule has 0 saturated carbocycles. The van der Waals surface area contributed by atoms with E-state index in [2.05, 4.69) is 11.8 Å². The number of anilines is 1. The fourth-order valence-corrected chi connectivity index (χ4v) is 3.90.